The molecule has 0 aliphatic rings. The predicted octanol–water partition coefficient (Wildman–Crippen LogP) is 5.16. The van der Waals surface area contributed by atoms with Crippen molar-refractivity contribution in [2.75, 3.05) is 24.1 Å². The Labute approximate surface area is 199 Å². The second-order valence-electron chi connectivity index (χ2n) is 8.14. The van der Waals surface area contributed by atoms with Crippen molar-refractivity contribution in [2.45, 2.75) is 39.8 Å². The molecule has 1 aromatic heterocycles. The summed E-state index contributed by atoms with van der Waals surface area (Å²) in [5, 5.41) is 7.95. The van der Waals surface area contributed by atoms with Crippen LogP contribution in [0.15, 0.2) is 60.0 Å². The molecule has 6 nitrogen and oxygen atoms in total. The molecule has 0 radical (unpaired) electrons. The summed E-state index contributed by atoms with van der Waals surface area (Å²) >= 11 is 1.63. The van der Waals surface area contributed by atoms with Gasteiger partial charge < -0.3 is 16.4 Å². The summed E-state index contributed by atoms with van der Waals surface area (Å²) in [5.74, 6) is -0.285. The van der Waals surface area contributed by atoms with Crippen LogP contribution in [0.4, 0.5) is 11.4 Å². The van der Waals surface area contributed by atoms with Crippen LogP contribution in [0.2, 0.25) is 0 Å². The van der Waals surface area contributed by atoms with Gasteiger partial charge >= 0.3 is 0 Å². The molecule has 174 valence electrons. The molecule has 0 saturated heterocycles. The zero-order chi connectivity index (χ0) is 24.0. The van der Waals surface area contributed by atoms with Crippen LogP contribution in [0.25, 0.3) is 10.4 Å². The Morgan fingerprint density at radius 3 is 2.30 bits per heavy atom. The second-order valence-corrected chi connectivity index (χ2v) is 9.09. The number of benzene rings is 2. The van der Waals surface area contributed by atoms with E-state index in [1.807, 2.05) is 69.5 Å². The molecule has 2 aromatic carbocycles. The first kappa shape index (κ1) is 24.5. The van der Waals surface area contributed by atoms with Crippen LogP contribution in [0.1, 0.15) is 49.7 Å². The van der Waals surface area contributed by atoms with E-state index >= 15 is 0 Å². The minimum Gasteiger partial charge on any atom is -0.397 e. The molecule has 0 bridgehead atoms. The molecule has 4 N–H and O–H groups in total. The van der Waals surface area contributed by atoms with Gasteiger partial charge in [-0.05, 0) is 73.8 Å². The second kappa shape index (κ2) is 11.1. The van der Waals surface area contributed by atoms with Crippen molar-refractivity contribution in [3.05, 3.63) is 71.1 Å². The number of carbonyl (C=O) groups is 2. The van der Waals surface area contributed by atoms with Crippen LogP contribution in [0.3, 0.4) is 0 Å². The third kappa shape index (κ3) is 6.00. The lowest BCUT2D eigenvalue weighted by atomic mass is 10.0. The van der Waals surface area contributed by atoms with E-state index in [4.69, 9.17) is 5.73 Å². The molecule has 0 aliphatic heterocycles. The average Bonchev–Trinajstić information content (AvgIpc) is 3.33. The number of likely N-dealkylation sites (N-methyl/N-ethyl adjacent to an activating group) is 1. The van der Waals surface area contributed by atoms with E-state index in [0.29, 0.717) is 16.9 Å². The SMILES string of the molecule is CCN(CC)C(C(=O)NC(C)C)c1ccc(C(=O)Nc2cc(-c3cccs3)ccc2N)cc1. The molecule has 3 aromatic rings. The molecular weight excluding hydrogens is 432 g/mol. The molecule has 0 spiro atoms. The third-order valence-electron chi connectivity index (χ3n) is 5.45. The Hall–Kier alpha value is -3.16. The number of nitrogen functional groups attached to an aromatic ring is 1. The van der Waals surface area contributed by atoms with Crippen molar-refractivity contribution < 1.29 is 9.59 Å². The number of nitrogens with zero attached hydrogens (tertiary/aromatic N) is 1. The maximum Gasteiger partial charge on any atom is 0.255 e. The average molecular weight is 465 g/mol. The summed E-state index contributed by atoms with van der Waals surface area (Å²) in [5.41, 5.74) is 9.55. The fourth-order valence-corrected chi connectivity index (χ4v) is 4.48. The minimum atomic E-state index is -0.405. The molecule has 7 heteroatoms. The molecule has 3 rings (SSSR count). The van der Waals surface area contributed by atoms with Crippen LogP contribution in [-0.2, 0) is 4.79 Å². The molecule has 1 atom stereocenters. The quantitative estimate of drug-likeness (QED) is 0.382. The molecule has 1 unspecified atom stereocenters. The van der Waals surface area contributed by atoms with Gasteiger partial charge in [0.05, 0.1) is 11.4 Å². The van der Waals surface area contributed by atoms with Gasteiger partial charge in [0.15, 0.2) is 0 Å². The summed E-state index contributed by atoms with van der Waals surface area (Å²) in [6.45, 7) is 9.46. The Morgan fingerprint density at radius 1 is 1.03 bits per heavy atom. The maximum atomic E-state index is 12.9. The van der Waals surface area contributed by atoms with E-state index in [1.165, 1.54) is 0 Å². The standard InChI is InChI=1S/C26H32N4O2S/c1-5-30(6-2)24(26(32)28-17(3)4)18-9-11-19(12-10-18)25(31)29-22-16-20(13-14-21(22)27)23-8-7-15-33-23/h7-17,24H,5-6,27H2,1-4H3,(H,28,32)(H,29,31). The Kier molecular flexibility index (Phi) is 8.25. The number of carbonyl (C=O) groups excluding carboxylic acids is 2. The number of nitrogens with one attached hydrogen (secondary N) is 2. The molecule has 0 fully saturated rings. The van der Waals surface area contributed by atoms with Crippen molar-refractivity contribution in [3.63, 3.8) is 0 Å². The number of amides is 2. The van der Waals surface area contributed by atoms with Crippen LogP contribution >= 0.6 is 11.3 Å². The van der Waals surface area contributed by atoms with Gasteiger partial charge in [0.25, 0.3) is 5.91 Å². The van der Waals surface area contributed by atoms with Gasteiger partial charge in [-0.25, -0.2) is 0 Å². The molecule has 0 saturated carbocycles. The van der Waals surface area contributed by atoms with E-state index in [1.54, 1.807) is 29.5 Å². The first-order valence-corrected chi connectivity index (χ1v) is 12.1. The molecule has 2 amide bonds. The van der Waals surface area contributed by atoms with Gasteiger partial charge in [0.2, 0.25) is 5.91 Å². The first-order valence-electron chi connectivity index (χ1n) is 11.2. The van der Waals surface area contributed by atoms with E-state index < -0.39 is 6.04 Å². The highest BCUT2D eigenvalue weighted by Gasteiger charge is 2.26. The van der Waals surface area contributed by atoms with Crippen LogP contribution in [-0.4, -0.2) is 35.8 Å². The van der Waals surface area contributed by atoms with Gasteiger partial charge in [-0.2, -0.15) is 0 Å². The van der Waals surface area contributed by atoms with E-state index in [-0.39, 0.29) is 17.9 Å². The molecule has 33 heavy (non-hydrogen) atoms. The topological polar surface area (TPSA) is 87.5 Å². The van der Waals surface area contributed by atoms with E-state index in [0.717, 1.165) is 29.1 Å². The number of nitrogens with two attached hydrogens (primary N) is 1. The summed E-state index contributed by atoms with van der Waals surface area (Å²) in [4.78, 5) is 29.0. The predicted molar refractivity (Wildman–Crippen MR) is 138 cm³/mol. The maximum absolute atomic E-state index is 12.9. The first-order chi connectivity index (χ1) is 15.8. The molecule has 1 heterocycles. The third-order valence-corrected chi connectivity index (χ3v) is 6.37. The van der Waals surface area contributed by atoms with E-state index in [9.17, 15) is 9.59 Å². The zero-order valence-electron chi connectivity index (χ0n) is 19.6. The van der Waals surface area contributed by atoms with Crippen molar-refractivity contribution in [1.82, 2.24) is 10.2 Å². The van der Waals surface area contributed by atoms with Crippen LogP contribution in [0.5, 0.6) is 0 Å². The molecule has 0 aliphatic carbocycles. The van der Waals surface area contributed by atoms with Gasteiger partial charge in [0.1, 0.15) is 6.04 Å². The molecular formula is C26H32N4O2S. The number of hydrogen-bond acceptors (Lipinski definition) is 5. The normalized spacial score (nSPS) is 12.1. The minimum absolute atomic E-state index is 0.0379. The number of anilines is 2. The summed E-state index contributed by atoms with van der Waals surface area (Å²) in [7, 11) is 0. The highest BCUT2D eigenvalue weighted by atomic mass is 32.1. The monoisotopic (exact) mass is 464 g/mol. The van der Waals surface area contributed by atoms with Gasteiger partial charge in [-0.3, -0.25) is 14.5 Å². The lowest BCUT2D eigenvalue weighted by Crippen LogP contribution is -2.42. The van der Waals surface area contributed by atoms with Gasteiger partial charge in [-0.1, -0.05) is 38.1 Å². The lowest BCUT2D eigenvalue weighted by Gasteiger charge is -2.29. The Bertz CT molecular complexity index is 1070. The smallest absolute Gasteiger partial charge is 0.255 e. The van der Waals surface area contributed by atoms with Crippen molar-refractivity contribution in [2.24, 2.45) is 0 Å². The summed E-state index contributed by atoms with van der Waals surface area (Å²) in [6.07, 6.45) is 0. The Balaban J connectivity index is 1.80. The summed E-state index contributed by atoms with van der Waals surface area (Å²) in [6, 6.07) is 16.5. The fraction of sp³-hybridized carbons (Fsp3) is 0.308. The summed E-state index contributed by atoms with van der Waals surface area (Å²) < 4.78 is 0. The lowest BCUT2D eigenvalue weighted by molar-refractivity contribution is -0.127. The van der Waals surface area contributed by atoms with Crippen LogP contribution < -0.4 is 16.4 Å². The largest absolute Gasteiger partial charge is 0.397 e. The van der Waals surface area contributed by atoms with Gasteiger partial charge in [-0.15, -0.1) is 11.3 Å². The fourth-order valence-electron chi connectivity index (χ4n) is 3.75. The van der Waals surface area contributed by atoms with Crippen molar-refractivity contribution in [3.8, 4) is 10.4 Å². The van der Waals surface area contributed by atoms with E-state index in [2.05, 4.69) is 15.5 Å². The highest BCUT2D eigenvalue weighted by molar-refractivity contribution is 7.13. The van der Waals surface area contributed by atoms with Crippen molar-refractivity contribution >= 4 is 34.5 Å². The number of thiophene rings is 1. The van der Waals surface area contributed by atoms with Crippen LogP contribution in [0, 0.1) is 0 Å². The highest BCUT2D eigenvalue weighted by Crippen LogP contribution is 2.30. The Morgan fingerprint density at radius 2 is 1.73 bits per heavy atom. The van der Waals surface area contributed by atoms with Gasteiger partial charge in [0, 0.05) is 16.5 Å². The number of hydrogen-bond donors (Lipinski definition) is 3. The van der Waals surface area contributed by atoms with Crippen molar-refractivity contribution in [1.29, 1.82) is 0 Å². The zero-order valence-corrected chi connectivity index (χ0v) is 20.4. The number of rotatable bonds is 9.